The van der Waals surface area contributed by atoms with Gasteiger partial charge >= 0.3 is 11.7 Å². The Kier molecular flexibility index (Phi) is 7.30. The normalized spacial score (nSPS) is 14.4. The Labute approximate surface area is 227 Å². The summed E-state index contributed by atoms with van der Waals surface area (Å²) in [7, 11) is 0. The lowest BCUT2D eigenvalue weighted by Gasteiger charge is -2.26. The van der Waals surface area contributed by atoms with E-state index in [0.29, 0.717) is 0 Å². The van der Waals surface area contributed by atoms with Gasteiger partial charge in [0.05, 0.1) is 31.6 Å². The molecule has 38 heavy (non-hydrogen) atoms. The number of rotatable bonds is 6. The number of non-ortho nitro benzene ring substituents is 1. The molecule has 4 rings (SSSR count). The van der Waals surface area contributed by atoms with Crippen LogP contribution in [0.2, 0.25) is 15.1 Å². The Morgan fingerprint density at radius 1 is 0.895 bits per heavy atom. The SMILES string of the molecule is O=C1NC(=O)N(c2cccc(Cl)c2)C(=O)/C1=C/c1cc(Cl)c(Oc2ccc([N+](=O)[O-])cc2[N+](=O)[O-])c(Cl)c1. The third-order valence-electron chi connectivity index (χ3n) is 5.06. The van der Waals surface area contributed by atoms with Gasteiger partial charge in [0.15, 0.2) is 5.75 Å². The van der Waals surface area contributed by atoms with E-state index in [9.17, 15) is 34.6 Å². The van der Waals surface area contributed by atoms with Gasteiger partial charge in [-0.15, -0.1) is 0 Å². The smallest absolute Gasteiger partial charge is 0.335 e. The number of hydrogen-bond acceptors (Lipinski definition) is 8. The summed E-state index contributed by atoms with van der Waals surface area (Å²) in [5.74, 6) is -2.49. The molecular formula is C23H11Cl3N4O8. The highest BCUT2D eigenvalue weighted by Crippen LogP contribution is 2.41. The molecule has 0 atom stereocenters. The van der Waals surface area contributed by atoms with E-state index in [1.54, 1.807) is 0 Å². The van der Waals surface area contributed by atoms with Gasteiger partial charge in [0.1, 0.15) is 5.57 Å². The molecule has 12 nitrogen and oxygen atoms in total. The monoisotopic (exact) mass is 576 g/mol. The second-order valence-corrected chi connectivity index (χ2v) is 8.77. The second-order valence-electron chi connectivity index (χ2n) is 7.52. The molecule has 15 heteroatoms. The summed E-state index contributed by atoms with van der Waals surface area (Å²) in [4.78, 5) is 59.2. The van der Waals surface area contributed by atoms with Crippen LogP contribution in [0.3, 0.4) is 0 Å². The van der Waals surface area contributed by atoms with Crippen LogP contribution in [-0.4, -0.2) is 27.7 Å². The number of anilines is 1. The van der Waals surface area contributed by atoms with Gasteiger partial charge in [0.25, 0.3) is 17.5 Å². The fraction of sp³-hybridized carbons (Fsp3) is 0. The van der Waals surface area contributed by atoms with Crippen molar-refractivity contribution in [2.24, 2.45) is 0 Å². The highest BCUT2D eigenvalue weighted by molar-refractivity contribution is 6.40. The van der Waals surface area contributed by atoms with Crippen molar-refractivity contribution in [3.8, 4) is 11.5 Å². The Morgan fingerprint density at radius 2 is 1.58 bits per heavy atom. The molecule has 0 aromatic heterocycles. The minimum atomic E-state index is -0.969. The van der Waals surface area contributed by atoms with Gasteiger partial charge in [0, 0.05) is 11.1 Å². The molecule has 0 spiro atoms. The molecule has 0 aliphatic carbocycles. The number of halogens is 3. The summed E-state index contributed by atoms with van der Waals surface area (Å²) < 4.78 is 5.49. The van der Waals surface area contributed by atoms with Crippen LogP contribution in [0.15, 0.2) is 60.2 Å². The first-order chi connectivity index (χ1) is 18.0. The van der Waals surface area contributed by atoms with E-state index in [0.717, 1.165) is 29.2 Å². The number of amides is 4. The molecule has 1 aliphatic rings. The van der Waals surface area contributed by atoms with E-state index in [4.69, 9.17) is 39.5 Å². The van der Waals surface area contributed by atoms with E-state index in [1.165, 1.54) is 36.4 Å². The summed E-state index contributed by atoms with van der Waals surface area (Å²) in [6.07, 6.45) is 1.14. The molecule has 4 amide bonds. The number of urea groups is 1. The van der Waals surface area contributed by atoms with E-state index >= 15 is 0 Å². The Bertz CT molecular complexity index is 1570. The molecule has 1 fully saturated rings. The van der Waals surface area contributed by atoms with Gasteiger partial charge in [-0.2, -0.15) is 0 Å². The van der Waals surface area contributed by atoms with Crippen molar-refractivity contribution in [2.75, 3.05) is 4.90 Å². The van der Waals surface area contributed by atoms with Crippen LogP contribution in [0.1, 0.15) is 5.56 Å². The van der Waals surface area contributed by atoms with Crippen molar-refractivity contribution in [1.82, 2.24) is 5.32 Å². The number of benzene rings is 3. The zero-order valence-corrected chi connectivity index (χ0v) is 20.8. The number of carbonyl (C=O) groups excluding carboxylic acids is 3. The van der Waals surface area contributed by atoms with Gasteiger partial charge < -0.3 is 4.74 Å². The van der Waals surface area contributed by atoms with E-state index in [1.807, 2.05) is 0 Å². The second kappa shape index (κ2) is 10.5. The molecule has 3 aromatic carbocycles. The van der Waals surface area contributed by atoms with E-state index in [2.05, 4.69) is 5.32 Å². The molecule has 1 heterocycles. The maximum Gasteiger partial charge on any atom is 0.335 e. The molecule has 3 aromatic rings. The van der Waals surface area contributed by atoms with Crippen LogP contribution in [0.4, 0.5) is 21.9 Å². The van der Waals surface area contributed by atoms with Crippen LogP contribution >= 0.6 is 34.8 Å². The highest BCUT2D eigenvalue weighted by atomic mass is 35.5. The Morgan fingerprint density at radius 3 is 2.18 bits per heavy atom. The lowest BCUT2D eigenvalue weighted by atomic mass is 10.1. The highest BCUT2D eigenvalue weighted by Gasteiger charge is 2.37. The molecule has 0 saturated carbocycles. The third-order valence-corrected chi connectivity index (χ3v) is 5.86. The number of carbonyl (C=O) groups is 3. The summed E-state index contributed by atoms with van der Waals surface area (Å²) in [6, 6.07) is 10.2. The molecular weight excluding hydrogens is 567 g/mol. The first kappa shape index (κ1) is 26.5. The number of nitro benzene ring substituents is 2. The topological polar surface area (TPSA) is 162 Å². The minimum Gasteiger partial charge on any atom is -0.447 e. The van der Waals surface area contributed by atoms with E-state index < -0.39 is 44.6 Å². The lowest BCUT2D eigenvalue weighted by molar-refractivity contribution is -0.394. The van der Waals surface area contributed by atoms with Crippen molar-refractivity contribution < 1.29 is 29.0 Å². The first-order valence-corrected chi connectivity index (χ1v) is 11.4. The number of imide groups is 2. The number of nitrogens with zero attached hydrogens (tertiary/aromatic N) is 3. The standard InChI is InChI=1S/C23H11Cl3N4O8/c24-12-2-1-3-13(9-12)28-22(32)15(21(31)27-23(28)33)6-11-7-16(25)20(17(26)8-11)38-19-5-4-14(29(34)35)10-18(19)30(36)37/h1-10H,(H,27,31,33)/b15-6+. The third kappa shape index (κ3) is 5.27. The van der Waals surface area contributed by atoms with E-state index in [-0.39, 0.29) is 37.8 Å². The summed E-state index contributed by atoms with van der Waals surface area (Å²) >= 11 is 18.5. The van der Waals surface area contributed by atoms with Crippen LogP contribution in [-0.2, 0) is 9.59 Å². The summed E-state index contributed by atoms with van der Waals surface area (Å²) in [5.41, 5.74) is -1.36. The zero-order chi connectivity index (χ0) is 27.7. The average Bonchev–Trinajstić information content (AvgIpc) is 2.84. The quantitative estimate of drug-likeness (QED) is 0.163. The Balaban J connectivity index is 1.69. The number of barbiturate groups is 1. The molecule has 0 radical (unpaired) electrons. The van der Waals surface area contributed by atoms with Crippen LogP contribution in [0, 0.1) is 20.2 Å². The van der Waals surface area contributed by atoms with Crippen LogP contribution < -0.4 is 15.0 Å². The number of hydrogen-bond donors (Lipinski definition) is 1. The van der Waals surface area contributed by atoms with Crippen molar-refractivity contribution >= 4 is 75.8 Å². The molecule has 0 unspecified atom stereocenters. The number of nitro groups is 2. The number of ether oxygens (including phenoxy) is 1. The molecule has 1 saturated heterocycles. The van der Waals surface area contributed by atoms with Crippen molar-refractivity contribution in [3.05, 3.63) is 101 Å². The molecule has 192 valence electrons. The predicted molar refractivity (Wildman–Crippen MR) is 137 cm³/mol. The van der Waals surface area contributed by atoms with Gasteiger partial charge in [-0.3, -0.25) is 35.1 Å². The van der Waals surface area contributed by atoms with Crippen LogP contribution in [0.25, 0.3) is 6.08 Å². The average molecular weight is 578 g/mol. The van der Waals surface area contributed by atoms with Crippen molar-refractivity contribution in [3.63, 3.8) is 0 Å². The van der Waals surface area contributed by atoms with Crippen LogP contribution in [0.5, 0.6) is 11.5 Å². The predicted octanol–water partition coefficient (Wildman–Crippen LogP) is 5.92. The Hall–Kier alpha value is -4.52. The zero-order valence-electron chi connectivity index (χ0n) is 18.5. The maximum absolute atomic E-state index is 13.0. The van der Waals surface area contributed by atoms with Gasteiger partial charge in [-0.05, 0) is 48.0 Å². The van der Waals surface area contributed by atoms with Gasteiger partial charge in [-0.1, -0.05) is 40.9 Å². The summed E-state index contributed by atoms with van der Waals surface area (Å²) in [6.45, 7) is 0. The maximum atomic E-state index is 13.0. The molecule has 0 bridgehead atoms. The van der Waals surface area contributed by atoms with Crippen molar-refractivity contribution in [2.45, 2.75) is 0 Å². The molecule has 1 aliphatic heterocycles. The van der Waals surface area contributed by atoms with Gasteiger partial charge in [0.2, 0.25) is 5.75 Å². The minimum absolute atomic E-state index is 0.128. The van der Waals surface area contributed by atoms with Crippen molar-refractivity contribution in [1.29, 1.82) is 0 Å². The molecule has 1 N–H and O–H groups in total. The van der Waals surface area contributed by atoms with Gasteiger partial charge in [-0.25, -0.2) is 9.69 Å². The largest absolute Gasteiger partial charge is 0.447 e. The fourth-order valence-electron chi connectivity index (χ4n) is 3.39. The lowest BCUT2D eigenvalue weighted by Crippen LogP contribution is -2.54. The fourth-order valence-corrected chi connectivity index (χ4v) is 4.16. The summed E-state index contributed by atoms with van der Waals surface area (Å²) in [5, 5.41) is 24.3. The first-order valence-electron chi connectivity index (χ1n) is 10.2. The number of nitrogens with one attached hydrogen (secondary N) is 1.